The molecule has 1 atom stereocenters. The number of aromatic nitrogens is 4. The minimum Gasteiger partial charge on any atom is -0.358 e. The van der Waals surface area contributed by atoms with Crippen LogP contribution in [0.2, 0.25) is 0 Å². The summed E-state index contributed by atoms with van der Waals surface area (Å²) in [6.45, 7) is 1.46. The molecule has 0 aliphatic carbocycles. The van der Waals surface area contributed by atoms with Crippen molar-refractivity contribution in [3.8, 4) is 0 Å². The third-order valence-electron chi connectivity index (χ3n) is 5.04. The van der Waals surface area contributed by atoms with Gasteiger partial charge in [-0.2, -0.15) is 0 Å². The number of carbonyl (C=O) groups excluding carboxylic acids is 1. The van der Waals surface area contributed by atoms with Crippen LogP contribution in [0.5, 0.6) is 0 Å². The quantitative estimate of drug-likeness (QED) is 0.584. The van der Waals surface area contributed by atoms with Crippen LogP contribution in [0, 0.1) is 0 Å². The number of fused-ring (bicyclic) bond motifs is 2. The maximum atomic E-state index is 12.9. The molecule has 4 aromatic rings. The molecule has 0 spiro atoms. The summed E-state index contributed by atoms with van der Waals surface area (Å²) in [7, 11) is 1.88. The topological polar surface area (TPSA) is 78.3 Å². The molecule has 0 bridgehead atoms. The number of nitrogens with one attached hydrogen (secondary N) is 2. The first-order chi connectivity index (χ1) is 12.7. The number of nitrogens with zero attached hydrogens (tertiary/aromatic N) is 4. The zero-order valence-corrected chi connectivity index (χ0v) is 15.1. The van der Waals surface area contributed by atoms with Gasteiger partial charge < -0.3 is 15.2 Å². The smallest absolute Gasteiger partial charge is 0.253 e. The summed E-state index contributed by atoms with van der Waals surface area (Å²) < 4.78 is 2.08. The van der Waals surface area contributed by atoms with Crippen molar-refractivity contribution in [2.45, 2.75) is 12.3 Å². The van der Waals surface area contributed by atoms with Crippen LogP contribution in [-0.4, -0.2) is 50.3 Å². The molecule has 1 fully saturated rings. The Bertz CT molecular complexity index is 1110. The van der Waals surface area contributed by atoms with Crippen molar-refractivity contribution in [3.63, 3.8) is 0 Å². The molecule has 2 N–H and O–H groups in total. The lowest BCUT2D eigenvalue weighted by atomic mass is 10.1. The standard InChI is InChI=1S/C18H18N6OS/c1-19-18-22-15(17-24(18)6-7-26-17)12-4-5-23(9-12)16(25)11-2-3-13-14(8-11)21-10-20-13/h2-3,6-8,10,12H,4-5,9H2,1H3,(H,19,22)(H,20,21)/t12-/m1/s1. The number of aromatic amines is 1. The van der Waals surface area contributed by atoms with Crippen molar-refractivity contribution in [3.05, 3.63) is 47.4 Å². The molecule has 4 heterocycles. The van der Waals surface area contributed by atoms with E-state index in [1.165, 1.54) is 0 Å². The van der Waals surface area contributed by atoms with Gasteiger partial charge in [-0.1, -0.05) is 0 Å². The first-order valence-corrected chi connectivity index (χ1v) is 9.48. The molecule has 1 aliphatic rings. The maximum absolute atomic E-state index is 12.9. The summed E-state index contributed by atoms with van der Waals surface area (Å²) in [4.78, 5) is 28.0. The maximum Gasteiger partial charge on any atom is 0.253 e. The number of thiazole rings is 1. The van der Waals surface area contributed by atoms with Crippen LogP contribution in [0.4, 0.5) is 5.95 Å². The van der Waals surface area contributed by atoms with E-state index in [0.29, 0.717) is 12.1 Å². The van der Waals surface area contributed by atoms with Gasteiger partial charge in [0.25, 0.3) is 5.91 Å². The Hall–Kier alpha value is -2.87. The molecule has 5 rings (SSSR count). The van der Waals surface area contributed by atoms with Gasteiger partial charge in [0.1, 0.15) is 4.83 Å². The first kappa shape index (κ1) is 15.4. The van der Waals surface area contributed by atoms with E-state index in [2.05, 4.69) is 25.1 Å². The van der Waals surface area contributed by atoms with Crippen LogP contribution in [0.3, 0.4) is 0 Å². The number of H-pyrrole nitrogens is 1. The lowest BCUT2D eigenvalue weighted by Crippen LogP contribution is -2.28. The number of anilines is 1. The molecular weight excluding hydrogens is 348 g/mol. The Morgan fingerprint density at radius 1 is 1.42 bits per heavy atom. The summed E-state index contributed by atoms with van der Waals surface area (Å²) in [6.07, 6.45) is 4.61. The lowest BCUT2D eigenvalue weighted by molar-refractivity contribution is 0.0791. The second-order valence-corrected chi connectivity index (χ2v) is 7.41. The summed E-state index contributed by atoms with van der Waals surface area (Å²) in [6, 6.07) is 5.62. The van der Waals surface area contributed by atoms with E-state index >= 15 is 0 Å². The summed E-state index contributed by atoms with van der Waals surface area (Å²) in [5.74, 6) is 1.19. The third kappa shape index (κ3) is 2.29. The Morgan fingerprint density at radius 2 is 2.35 bits per heavy atom. The van der Waals surface area contributed by atoms with E-state index in [4.69, 9.17) is 4.98 Å². The van der Waals surface area contributed by atoms with E-state index < -0.39 is 0 Å². The van der Waals surface area contributed by atoms with E-state index in [1.54, 1.807) is 17.7 Å². The fourth-order valence-electron chi connectivity index (χ4n) is 3.71. The van der Waals surface area contributed by atoms with Crippen molar-refractivity contribution < 1.29 is 4.79 Å². The highest BCUT2D eigenvalue weighted by Gasteiger charge is 2.31. The molecular formula is C18H18N6OS. The minimum absolute atomic E-state index is 0.0690. The largest absolute Gasteiger partial charge is 0.358 e. The van der Waals surface area contributed by atoms with Gasteiger partial charge in [-0.25, -0.2) is 9.97 Å². The highest BCUT2D eigenvalue weighted by atomic mass is 32.1. The van der Waals surface area contributed by atoms with Gasteiger partial charge in [0, 0.05) is 43.2 Å². The molecule has 26 heavy (non-hydrogen) atoms. The number of benzene rings is 1. The zero-order chi connectivity index (χ0) is 17.7. The average molecular weight is 366 g/mol. The number of hydrogen-bond donors (Lipinski definition) is 2. The van der Waals surface area contributed by atoms with Crippen molar-refractivity contribution in [2.75, 3.05) is 25.5 Å². The highest BCUT2D eigenvalue weighted by molar-refractivity contribution is 7.15. The van der Waals surface area contributed by atoms with Crippen molar-refractivity contribution in [1.29, 1.82) is 0 Å². The Morgan fingerprint density at radius 3 is 3.23 bits per heavy atom. The number of likely N-dealkylation sites (tertiary alicyclic amines) is 1. The Kier molecular flexibility index (Phi) is 3.46. The van der Waals surface area contributed by atoms with E-state index in [1.807, 2.05) is 36.3 Å². The van der Waals surface area contributed by atoms with Gasteiger partial charge >= 0.3 is 0 Å². The van der Waals surface area contributed by atoms with Gasteiger partial charge in [-0.05, 0) is 24.6 Å². The predicted octanol–water partition coefficient (Wildman–Crippen LogP) is 2.94. The molecule has 0 saturated carbocycles. The molecule has 0 radical (unpaired) electrons. The van der Waals surface area contributed by atoms with Crippen molar-refractivity contribution in [2.24, 2.45) is 0 Å². The second-order valence-electron chi connectivity index (χ2n) is 6.52. The third-order valence-corrected chi connectivity index (χ3v) is 5.92. The van der Waals surface area contributed by atoms with Gasteiger partial charge in [0.15, 0.2) is 0 Å². The van der Waals surface area contributed by atoms with Crippen molar-refractivity contribution >= 4 is 39.1 Å². The number of carbonyl (C=O) groups is 1. The number of rotatable bonds is 3. The van der Waals surface area contributed by atoms with Gasteiger partial charge in [-0.3, -0.25) is 9.20 Å². The van der Waals surface area contributed by atoms with Gasteiger partial charge in [-0.15, -0.1) is 11.3 Å². The van der Waals surface area contributed by atoms with Gasteiger partial charge in [0.05, 0.1) is 23.1 Å². The SMILES string of the molecule is CNc1nc([C@@H]2CCN(C(=O)c3ccc4nc[nH]c4c3)C2)c2sccn12. The molecule has 1 aliphatic heterocycles. The van der Waals surface area contributed by atoms with Crippen LogP contribution in [0.25, 0.3) is 15.9 Å². The zero-order valence-electron chi connectivity index (χ0n) is 14.3. The molecule has 1 aromatic carbocycles. The van der Waals surface area contributed by atoms with Crippen LogP contribution in [0.1, 0.15) is 28.4 Å². The molecule has 8 heteroatoms. The summed E-state index contributed by atoms with van der Waals surface area (Å²) >= 11 is 1.69. The molecule has 3 aromatic heterocycles. The molecule has 7 nitrogen and oxygen atoms in total. The molecule has 0 unspecified atom stereocenters. The minimum atomic E-state index is 0.0690. The highest BCUT2D eigenvalue weighted by Crippen LogP contribution is 2.34. The number of imidazole rings is 2. The predicted molar refractivity (Wildman–Crippen MR) is 102 cm³/mol. The second kappa shape index (κ2) is 5.84. The van der Waals surface area contributed by atoms with E-state index in [0.717, 1.165) is 40.5 Å². The van der Waals surface area contributed by atoms with Crippen LogP contribution in [0.15, 0.2) is 36.1 Å². The molecule has 1 saturated heterocycles. The normalized spacial score (nSPS) is 17.4. The van der Waals surface area contributed by atoms with Crippen molar-refractivity contribution in [1.82, 2.24) is 24.3 Å². The Balaban J connectivity index is 1.41. The Labute approximate surface area is 153 Å². The van der Waals surface area contributed by atoms with Gasteiger partial charge in [0.2, 0.25) is 5.95 Å². The lowest BCUT2D eigenvalue weighted by Gasteiger charge is -2.16. The monoisotopic (exact) mass is 366 g/mol. The summed E-state index contributed by atoms with van der Waals surface area (Å²) in [5, 5.41) is 5.21. The number of amides is 1. The summed E-state index contributed by atoms with van der Waals surface area (Å²) in [5.41, 5.74) is 3.55. The average Bonchev–Trinajstić information content (AvgIpc) is 3.43. The fraction of sp³-hybridized carbons (Fsp3) is 0.278. The van der Waals surface area contributed by atoms with E-state index in [-0.39, 0.29) is 11.8 Å². The molecule has 1 amide bonds. The van der Waals surface area contributed by atoms with Crippen LogP contribution >= 0.6 is 11.3 Å². The van der Waals surface area contributed by atoms with Crippen LogP contribution in [-0.2, 0) is 0 Å². The molecule has 132 valence electrons. The van der Waals surface area contributed by atoms with Crippen LogP contribution < -0.4 is 5.32 Å². The van der Waals surface area contributed by atoms with E-state index in [9.17, 15) is 4.79 Å². The first-order valence-electron chi connectivity index (χ1n) is 8.60. The fourth-order valence-corrected chi connectivity index (χ4v) is 4.61. The number of hydrogen-bond acceptors (Lipinski definition) is 5.